The van der Waals surface area contributed by atoms with Gasteiger partial charge in [-0.15, -0.1) is 0 Å². The topological polar surface area (TPSA) is 103 Å². The number of aromatic nitrogens is 4. The van der Waals surface area contributed by atoms with Crippen LogP contribution in [0.15, 0.2) is 65.6 Å². The maximum Gasteiger partial charge on any atom is 0.261 e. The normalized spacial score (nSPS) is 10.6. The summed E-state index contributed by atoms with van der Waals surface area (Å²) in [7, 11) is 1.48. The molecule has 0 aliphatic carbocycles. The van der Waals surface area contributed by atoms with E-state index in [0.29, 0.717) is 34.1 Å². The zero-order valence-corrected chi connectivity index (χ0v) is 15.8. The maximum absolute atomic E-state index is 13.0. The van der Waals surface area contributed by atoms with Crippen LogP contribution >= 0.6 is 0 Å². The molecule has 0 saturated carbocycles. The van der Waals surface area contributed by atoms with Gasteiger partial charge in [-0.1, -0.05) is 35.5 Å². The number of hydrogen-bond donors (Lipinski definition) is 1. The quantitative estimate of drug-likeness (QED) is 0.556. The van der Waals surface area contributed by atoms with Crippen LogP contribution in [0.25, 0.3) is 22.6 Å². The van der Waals surface area contributed by atoms with E-state index >= 15 is 0 Å². The van der Waals surface area contributed by atoms with Gasteiger partial charge >= 0.3 is 0 Å². The van der Waals surface area contributed by atoms with Crippen molar-refractivity contribution in [3.63, 3.8) is 0 Å². The summed E-state index contributed by atoms with van der Waals surface area (Å²) >= 11 is 0. The molecule has 29 heavy (non-hydrogen) atoms. The summed E-state index contributed by atoms with van der Waals surface area (Å²) < 4.78 is 10.6. The van der Waals surface area contributed by atoms with Gasteiger partial charge in [0.2, 0.25) is 5.88 Å². The van der Waals surface area contributed by atoms with Gasteiger partial charge in [-0.25, -0.2) is 4.98 Å². The van der Waals surface area contributed by atoms with Crippen molar-refractivity contribution in [2.75, 3.05) is 12.4 Å². The molecule has 4 rings (SSSR count). The Kier molecular flexibility index (Phi) is 4.98. The molecule has 4 aromatic rings. The molecule has 0 radical (unpaired) electrons. The van der Waals surface area contributed by atoms with Gasteiger partial charge < -0.3 is 14.6 Å². The lowest BCUT2D eigenvalue weighted by Crippen LogP contribution is -2.14. The van der Waals surface area contributed by atoms with Crippen LogP contribution in [0, 0.1) is 6.92 Å². The summed E-state index contributed by atoms with van der Waals surface area (Å²) in [6.07, 6.45) is 4.77. The molecule has 0 atom stereocenters. The Labute approximate surface area is 166 Å². The van der Waals surface area contributed by atoms with Crippen LogP contribution < -0.4 is 10.1 Å². The molecule has 1 amide bonds. The number of anilines is 1. The molecule has 144 valence electrons. The molecule has 0 aliphatic rings. The first kappa shape index (κ1) is 18.3. The fourth-order valence-electron chi connectivity index (χ4n) is 2.88. The molecule has 0 unspecified atom stereocenters. The molecule has 0 fully saturated rings. The van der Waals surface area contributed by atoms with Gasteiger partial charge in [0, 0.05) is 18.0 Å². The molecule has 0 aliphatic heterocycles. The first-order chi connectivity index (χ1) is 14.2. The third kappa shape index (κ3) is 3.68. The third-order valence-electron chi connectivity index (χ3n) is 4.26. The van der Waals surface area contributed by atoms with Crippen LogP contribution in [-0.4, -0.2) is 33.1 Å². The van der Waals surface area contributed by atoms with Crippen molar-refractivity contribution in [3.8, 4) is 28.5 Å². The van der Waals surface area contributed by atoms with Gasteiger partial charge in [0.1, 0.15) is 28.4 Å². The van der Waals surface area contributed by atoms with Gasteiger partial charge in [-0.05, 0) is 19.1 Å². The molecule has 8 nitrogen and oxygen atoms in total. The molecular formula is C21H17N5O3. The zero-order chi connectivity index (χ0) is 20.2. The van der Waals surface area contributed by atoms with Crippen molar-refractivity contribution in [2.24, 2.45) is 0 Å². The predicted molar refractivity (Wildman–Crippen MR) is 106 cm³/mol. The molecule has 8 heteroatoms. The summed E-state index contributed by atoms with van der Waals surface area (Å²) in [4.78, 5) is 25.7. The fourth-order valence-corrected chi connectivity index (χ4v) is 2.88. The summed E-state index contributed by atoms with van der Waals surface area (Å²) in [6.45, 7) is 1.70. The Morgan fingerprint density at radius 1 is 1.07 bits per heavy atom. The second-order valence-corrected chi connectivity index (χ2v) is 6.13. The Hall–Kier alpha value is -4.07. The van der Waals surface area contributed by atoms with Crippen molar-refractivity contribution in [1.29, 1.82) is 0 Å². The van der Waals surface area contributed by atoms with E-state index in [1.807, 2.05) is 30.3 Å². The number of pyridine rings is 1. The fraction of sp³-hybridized carbons (Fsp3) is 0.0952. The lowest BCUT2D eigenvalue weighted by molar-refractivity contribution is 0.102. The number of methoxy groups -OCH3 is 1. The summed E-state index contributed by atoms with van der Waals surface area (Å²) in [5.41, 5.74) is 3.23. The van der Waals surface area contributed by atoms with E-state index in [2.05, 4.69) is 25.4 Å². The highest BCUT2D eigenvalue weighted by atomic mass is 16.5. The maximum atomic E-state index is 13.0. The molecule has 1 N–H and O–H groups in total. The molecule has 1 aromatic carbocycles. The zero-order valence-electron chi connectivity index (χ0n) is 15.8. The predicted octanol–water partition coefficient (Wildman–Crippen LogP) is 3.76. The van der Waals surface area contributed by atoms with Crippen molar-refractivity contribution < 1.29 is 14.1 Å². The first-order valence-electron chi connectivity index (χ1n) is 8.82. The van der Waals surface area contributed by atoms with E-state index in [4.69, 9.17) is 9.26 Å². The minimum Gasteiger partial charge on any atom is -0.479 e. The van der Waals surface area contributed by atoms with Crippen LogP contribution in [-0.2, 0) is 0 Å². The highest BCUT2D eigenvalue weighted by molar-refractivity contribution is 6.09. The largest absolute Gasteiger partial charge is 0.479 e. The number of carbonyl (C=O) groups is 1. The lowest BCUT2D eigenvalue weighted by Gasteiger charge is -2.11. The number of carbonyl (C=O) groups excluding carboxylic acids is 1. The minimum absolute atomic E-state index is 0.261. The number of amides is 1. The SMILES string of the molecule is COc1nc(-c2cnccn2)ccc1NC(=O)c1c(-c2ccccc2)noc1C. The van der Waals surface area contributed by atoms with Crippen molar-refractivity contribution in [3.05, 3.63) is 72.4 Å². The average molecular weight is 387 g/mol. The van der Waals surface area contributed by atoms with Gasteiger partial charge in [0.15, 0.2) is 0 Å². The smallest absolute Gasteiger partial charge is 0.261 e. The van der Waals surface area contributed by atoms with E-state index in [-0.39, 0.29) is 11.8 Å². The van der Waals surface area contributed by atoms with E-state index in [1.165, 1.54) is 7.11 Å². The summed E-state index contributed by atoms with van der Waals surface area (Å²) in [5, 5.41) is 6.88. The Balaban J connectivity index is 1.65. The van der Waals surface area contributed by atoms with Crippen molar-refractivity contribution in [1.82, 2.24) is 20.1 Å². The molecular weight excluding hydrogens is 370 g/mol. The average Bonchev–Trinajstić information content (AvgIpc) is 3.16. The summed E-state index contributed by atoms with van der Waals surface area (Å²) in [6, 6.07) is 12.8. The first-order valence-corrected chi connectivity index (χ1v) is 8.82. The number of rotatable bonds is 5. The number of ether oxygens (including phenoxy) is 1. The van der Waals surface area contributed by atoms with Crippen LogP contribution in [0.4, 0.5) is 5.69 Å². The molecule has 3 heterocycles. The Morgan fingerprint density at radius 2 is 1.90 bits per heavy atom. The molecule has 0 bridgehead atoms. The van der Waals surface area contributed by atoms with Crippen LogP contribution in [0.3, 0.4) is 0 Å². The monoisotopic (exact) mass is 387 g/mol. The number of hydrogen-bond acceptors (Lipinski definition) is 7. The standard InChI is InChI=1S/C21H17N5O3/c1-13-18(19(26-29-13)14-6-4-3-5-7-14)20(27)24-16-9-8-15(25-21(16)28-2)17-12-22-10-11-23-17/h3-12H,1-2H3,(H,24,27). The van der Waals surface area contributed by atoms with E-state index in [1.54, 1.807) is 37.6 Å². The van der Waals surface area contributed by atoms with Crippen LogP contribution in [0.2, 0.25) is 0 Å². The number of nitrogens with one attached hydrogen (secondary N) is 1. The van der Waals surface area contributed by atoms with E-state index in [0.717, 1.165) is 5.56 Å². The van der Waals surface area contributed by atoms with Crippen LogP contribution in [0.5, 0.6) is 5.88 Å². The molecule has 3 aromatic heterocycles. The second kappa shape index (κ2) is 7.89. The van der Waals surface area contributed by atoms with E-state index < -0.39 is 0 Å². The molecule has 0 spiro atoms. The van der Waals surface area contributed by atoms with Gasteiger partial charge in [0.25, 0.3) is 5.91 Å². The number of aryl methyl sites for hydroxylation is 1. The second-order valence-electron chi connectivity index (χ2n) is 6.13. The Bertz CT molecular complexity index is 1140. The minimum atomic E-state index is -0.366. The highest BCUT2D eigenvalue weighted by Crippen LogP contribution is 2.29. The lowest BCUT2D eigenvalue weighted by atomic mass is 10.1. The van der Waals surface area contributed by atoms with Gasteiger partial charge in [-0.3, -0.25) is 14.8 Å². The summed E-state index contributed by atoms with van der Waals surface area (Å²) in [5.74, 6) is 0.316. The van der Waals surface area contributed by atoms with E-state index in [9.17, 15) is 4.79 Å². The Morgan fingerprint density at radius 3 is 2.62 bits per heavy atom. The number of benzene rings is 1. The highest BCUT2D eigenvalue weighted by Gasteiger charge is 2.23. The molecule has 0 saturated heterocycles. The number of nitrogens with zero attached hydrogens (tertiary/aromatic N) is 4. The van der Waals surface area contributed by atoms with Crippen molar-refractivity contribution >= 4 is 11.6 Å². The van der Waals surface area contributed by atoms with Crippen LogP contribution in [0.1, 0.15) is 16.1 Å². The van der Waals surface area contributed by atoms with Gasteiger partial charge in [-0.2, -0.15) is 0 Å². The van der Waals surface area contributed by atoms with Crippen molar-refractivity contribution in [2.45, 2.75) is 6.92 Å². The third-order valence-corrected chi connectivity index (χ3v) is 4.26. The van der Waals surface area contributed by atoms with Gasteiger partial charge in [0.05, 0.1) is 19.0 Å².